The highest BCUT2D eigenvalue weighted by molar-refractivity contribution is 8.01. The number of rotatable bonds is 9. The second-order valence-corrected chi connectivity index (χ2v) is 12.8. The van der Waals surface area contributed by atoms with Gasteiger partial charge in [-0.3, -0.25) is 15.0 Å². The number of anilines is 1. The summed E-state index contributed by atoms with van der Waals surface area (Å²) in [5.41, 5.74) is 4.41. The zero-order valence-electron chi connectivity index (χ0n) is 22.3. The number of hydrogen-bond donors (Lipinski definition) is 2. The Morgan fingerprint density at radius 3 is 2.67 bits per heavy atom. The maximum absolute atomic E-state index is 12.6. The zero-order valence-corrected chi connectivity index (χ0v) is 27.1. The zero-order chi connectivity index (χ0) is 26.5. The number of nitrogens with zero attached hydrogens (tertiary/aromatic N) is 3. The third kappa shape index (κ3) is 8.88. The number of aromatic nitrogens is 1. The molecule has 1 atom stereocenters. The van der Waals surface area contributed by atoms with Gasteiger partial charge < -0.3 is 10.2 Å². The number of likely N-dealkylation sites (tertiary alicyclic amines) is 1. The van der Waals surface area contributed by atoms with Crippen molar-refractivity contribution in [3.05, 3.63) is 63.5 Å². The molecule has 6 nitrogen and oxygen atoms in total. The van der Waals surface area contributed by atoms with E-state index >= 15 is 0 Å². The molecule has 40 heavy (non-hydrogen) atoms. The number of carbonyl (C=O) groups is 1. The SMILES string of the molecule is CN(c1cccc(-c2csc(SCC(=O)NC3CCN(Cc4ccc(Cl)c(Cl)c4)CC3)n2)c1)[C@@H]1CCCN1.Cl.Cl. The topological polar surface area (TPSA) is 60.5 Å². The number of carbonyl (C=O) groups excluding carboxylic acids is 1. The van der Waals surface area contributed by atoms with Gasteiger partial charge in [-0.25, -0.2) is 4.98 Å². The van der Waals surface area contributed by atoms with Crippen molar-refractivity contribution in [1.29, 1.82) is 0 Å². The van der Waals surface area contributed by atoms with E-state index in [1.807, 2.05) is 18.2 Å². The average molecular weight is 664 g/mol. The van der Waals surface area contributed by atoms with Gasteiger partial charge in [-0.2, -0.15) is 0 Å². The van der Waals surface area contributed by atoms with Gasteiger partial charge in [-0.15, -0.1) is 36.2 Å². The molecule has 5 rings (SSSR count). The summed E-state index contributed by atoms with van der Waals surface area (Å²) in [6.45, 7) is 3.81. The van der Waals surface area contributed by atoms with Gasteiger partial charge in [0.05, 0.1) is 27.7 Å². The van der Waals surface area contributed by atoms with Crippen molar-refractivity contribution in [3.63, 3.8) is 0 Å². The number of benzene rings is 2. The Kier molecular flexibility index (Phi) is 13.2. The predicted molar refractivity (Wildman–Crippen MR) is 175 cm³/mol. The van der Waals surface area contributed by atoms with Gasteiger partial charge in [0.1, 0.15) is 0 Å². The van der Waals surface area contributed by atoms with E-state index in [2.05, 4.69) is 57.1 Å². The monoisotopic (exact) mass is 661 g/mol. The van der Waals surface area contributed by atoms with E-state index in [-0.39, 0.29) is 36.8 Å². The summed E-state index contributed by atoms with van der Waals surface area (Å²) in [6, 6.07) is 14.6. The minimum Gasteiger partial charge on any atom is -0.359 e. The largest absolute Gasteiger partial charge is 0.359 e. The maximum atomic E-state index is 12.6. The molecule has 3 heterocycles. The Hall–Kier alpha value is -1.23. The molecule has 12 heteroatoms. The van der Waals surface area contributed by atoms with E-state index in [4.69, 9.17) is 28.2 Å². The number of thioether (sulfide) groups is 1. The number of amides is 1. The standard InChI is InChI=1S/C28H33Cl2N5OS2.2ClH/c1-34(26-6-3-11-31-26)22-5-2-4-20(15-22)25-17-37-28(33-25)38-18-27(36)32-21-9-12-35(13-10-21)16-19-7-8-23(29)24(30)14-19;;/h2,4-5,7-8,14-15,17,21,26,31H,3,6,9-13,16,18H2,1H3,(H,32,36);2*1H/t26-;;/m1../s1. The fraction of sp³-hybridized carbons (Fsp3) is 0.429. The molecule has 0 spiro atoms. The molecule has 0 saturated carbocycles. The van der Waals surface area contributed by atoms with Crippen LogP contribution in [0.2, 0.25) is 10.0 Å². The molecule has 2 aromatic carbocycles. The van der Waals surface area contributed by atoms with E-state index in [1.54, 1.807) is 11.3 Å². The molecule has 1 aromatic heterocycles. The van der Waals surface area contributed by atoms with Crippen molar-refractivity contribution in [3.8, 4) is 11.3 Å². The molecule has 0 bridgehead atoms. The van der Waals surface area contributed by atoms with Crippen LogP contribution >= 0.6 is 71.1 Å². The summed E-state index contributed by atoms with van der Waals surface area (Å²) in [5, 5.41) is 10.0. The first kappa shape index (κ1) is 33.3. The van der Waals surface area contributed by atoms with Crippen LogP contribution in [0.4, 0.5) is 5.69 Å². The van der Waals surface area contributed by atoms with Crippen LogP contribution in [-0.4, -0.2) is 60.4 Å². The fourth-order valence-corrected chi connectivity index (χ4v) is 7.01. The van der Waals surface area contributed by atoms with Crippen molar-refractivity contribution in [2.45, 2.75) is 48.8 Å². The Bertz CT molecular complexity index is 1250. The quantitative estimate of drug-likeness (QED) is 0.241. The summed E-state index contributed by atoms with van der Waals surface area (Å²) in [4.78, 5) is 22.1. The second-order valence-electron chi connectivity index (χ2n) is 9.93. The minimum atomic E-state index is 0. The smallest absolute Gasteiger partial charge is 0.230 e. The van der Waals surface area contributed by atoms with E-state index in [0.717, 1.165) is 66.6 Å². The fourth-order valence-electron chi connectivity index (χ4n) is 5.05. The van der Waals surface area contributed by atoms with Crippen molar-refractivity contribution in [2.75, 3.05) is 37.3 Å². The van der Waals surface area contributed by atoms with Gasteiger partial charge in [0.25, 0.3) is 0 Å². The minimum absolute atomic E-state index is 0. The lowest BCUT2D eigenvalue weighted by molar-refractivity contribution is -0.119. The lowest BCUT2D eigenvalue weighted by Gasteiger charge is -2.32. The first-order valence-corrected chi connectivity index (χ1v) is 15.7. The molecule has 2 aliphatic rings. The molecule has 2 N–H and O–H groups in total. The average Bonchev–Trinajstić information content (AvgIpc) is 3.63. The van der Waals surface area contributed by atoms with Gasteiger partial charge in [-0.05, 0) is 62.1 Å². The Morgan fingerprint density at radius 1 is 1.15 bits per heavy atom. The van der Waals surface area contributed by atoms with Crippen molar-refractivity contribution in [2.24, 2.45) is 0 Å². The molecule has 2 fully saturated rings. The van der Waals surface area contributed by atoms with Crippen LogP contribution in [-0.2, 0) is 11.3 Å². The molecule has 0 unspecified atom stereocenters. The first-order chi connectivity index (χ1) is 18.4. The lowest BCUT2D eigenvalue weighted by Crippen LogP contribution is -2.44. The van der Waals surface area contributed by atoms with E-state index in [9.17, 15) is 4.79 Å². The van der Waals surface area contributed by atoms with Crippen LogP contribution in [0.25, 0.3) is 11.3 Å². The lowest BCUT2D eigenvalue weighted by atomic mass is 10.0. The van der Waals surface area contributed by atoms with Crippen molar-refractivity contribution < 1.29 is 4.79 Å². The van der Waals surface area contributed by atoms with E-state index < -0.39 is 0 Å². The van der Waals surface area contributed by atoms with Crippen molar-refractivity contribution >= 4 is 82.7 Å². The number of nitrogens with one attached hydrogen (secondary N) is 2. The van der Waals surface area contributed by atoms with Crippen LogP contribution in [0.5, 0.6) is 0 Å². The third-order valence-corrected chi connectivity index (χ3v) is 9.96. The summed E-state index contributed by atoms with van der Waals surface area (Å²) in [6.07, 6.45) is 4.66. The van der Waals surface area contributed by atoms with Gasteiger partial charge in [0.2, 0.25) is 5.91 Å². The molecule has 0 radical (unpaired) electrons. The molecular weight excluding hydrogens is 628 g/mol. The summed E-state index contributed by atoms with van der Waals surface area (Å²) in [5.74, 6) is 0.453. The van der Waals surface area contributed by atoms with Crippen LogP contribution in [0.3, 0.4) is 0 Å². The van der Waals surface area contributed by atoms with Gasteiger partial charge in [0.15, 0.2) is 4.34 Å². The molecule has 3 aromatic rings. The van der Waals surface area contributed by atoms with Gasteiger partial charge in [-0.1, -0.05) is 53.2 Å². The summed E-state index contributed by atoms with van der Waals surface area (Å²) < 4.78 is 0.919. The van der Waals surface area contributed by atoms with Crippen LogP contribution in [0, 0.1) is 0 Å². The van der Waals surface area contributed by atoms with E-state index in [1.165, 1.54) is 23.9 Å². The second kappa shape index (κ2) is 15.8. The van der Waals surface area contributed by atoms with Crippen LogP contribution in [0.1, 0.15) is 31.2 Å². The molecule has 2 saturated heterocycles. The molecular formula is C28H35Cl4N5OS2. The summed E-state index contributed by atoms with van der Waals surface area (Å²) in [7, 11) is 2.14. The highest BCUT2D eigenvalue weighted by Gasteiger charge is 2.22. The predicted octanol–water partition coefficient (Wildman–Crippen LogP) is 6.98. The van der Waals surface area contributed by atoms with Crippen LogP contribution < -0.4 is 15.5 Å². The van der Waals surface area contributed by atoms with Gasteiger partial charge >= 0.3 is 0 Å². The molecule has 218 valence electrons. The molecule has 2 aliphatic heterocycles. The third-order valence-electron chi connectivity index (χ3n) is 7.20. The first-order valence-electron chi connectivity index (χ1n) is 13.1. The molecule has 1 amide bonds. The Balaban J connectivity index is 0.00000220. The van der Waals surface area contributed by atoms with Gasteiger partial charge in [0, 0.05) is 49.4 Å². The summed E-state index contributed by atoms with van der Waals surface area (Å²) >= 11 is 15.3. The number of hydrogen-bond acceptors (Lipinski definition) is 7. The highest BCUT2D eigenvalue weighted by atomic mass is 35.5. The number of piperidine rings is 1. The molecule has 0 aliphatic carbocycles. The van der Waals surface area contributed by atoms with E-state index in [0.29, 0.717) is 22.0 Å². The maximum Gasteiger partial charge on any atom is 0.230 e. The number of thiazole rings is 1. The Morgan fingerprint density at radius 2 is 1.95 bits per heavy atom. The van der Waals surface area contributed by atoms with Crippen LogP contribution in [0.15, 0.2) is 52.2 Å². The Labute approximate surface area is 267 Å². The number of halogens is 4. The normalized spacial score (nSPS) is 17.6. The van der Waals surface area contributed by atoms with Crippen molar-refractivity contribution in [1.82, 2.24) is 20.5 Å². The highest BCUT2D eigenvalue weighted by Crippen LogP contribution is 2.31.